The first-order valence-corrected chi connectivity index (χ1v) is 6.28. The summed E-state index contributed by atoms with van der Waals surface area (Å²) in [5.41, 5.74) is 10.3. The summed E-state index contributed by atoms with van der Waals surface area (Å²) in [7, 11) is 0. The van der Waals surface area contributed by atoms with Gasteiger partial charge in [0.15, 0.2) is 0 Å². The molecule has 1 heterocycles. The molecule has 0 aromatic carbocycles. The lowest BCUT2D eigenvalue weighted by molar-refractivity contribution is -0.140. The Morgan fingerprint density at radius 3 is 2.20 bits per heavy atom. The molecule has 20 heavy (non-hydrogen) atoms. The number of carboxylic acid groups (broad SMARTS) is 2. The van der Waals surface area contributed by atoms with E-state index in [-0.39, 0.29) is 13.0 Å². The molecule has 9 N–H and O–H groups in total. The molecule has 0 aromatic rings. The van der Waals surface area contributed by atoms with Gasteiger partial charge < -0.3 is 37.2 Å². The Morgan fingerprint density at radius 2 is 1.90 bits per heavy atom. The number of aliphatic hydroxyl groups is 2. The van der Waals surface area contributed by atoms with Gasteiger partial charge in [0.1, 0.15) is 12.1 Å². The molecule has 0 saturated carbocycles. The third kappa shape index (κ3) is 8.02. The lowest BCUT2D eigenvalue weighted by atomic mass is 10.1. The average molecular weight is 293 g/mol. The summed E-state index contributed by atoms with van der Waals surface area (Å²) in [4.78, 5) is 20.3. The summed E-state index contributed by atoms with van der Waals surface area (Å²) in [6.07, 6.45) is -0.195. The molecule has 1 saturated heterocycles. The molecule has 1 rings (SSSR count). The fraction of sp³-hybridized carbons (Fsp3) is 0.818. The van der Waals surface area contributed by atoms with Crippen molar-refractivity contribution in [1.29, 1.82) is 0 Å². The molecule has 9 heteroatoms. The number of β-amino-alcohol motifs (C(OH)–C–C–N with tert-alkyl or cyclic N) is 1. The zero-order chi connectivity index (χ0) is 15.7. The number of carbonyl (C=O) groups is 2. The number of aliphatic carboxylic acids is 2. The summed E-state index contributed by atoms with van der Waals surface area (Å²) in [5.74, 6) is -1.93. The number of rotatable bonds is 6. The van der Waals surface area contributed by atoms with Gasteiger partial charge in [-0.05, 0) is 12.8 Å². The van der Waals surface area contributed by atoms with Crippen LogP contribution < -0.4 is 16.8 Å². The summed E-state index contributed by atoms with van der Waals surface area (Å²) in [6.45, 7) is 0.545. The highest BCUT2D eigenvalue weighted by Crippen LogP contribution is 2.05. The van der Waals surface area contributed by atoms with Crippen molar-refractivity contribution in [1.82, 2.24) is 5.32 Å². The van der Waals surface area contributed by atoms with E-state index < -0.39 is 36.2 Å². The predicted octanol–water partition coefficient (Wildman–Crippen LogP) is -2.71. The van der Waals surface area contributed by atoms with Crippen LogP contribution in [0.3, 0.4) is 0 Å². The van der Waals surface area contributed by atoms with Gasteiger partial charge in [-0.25, -0.2) is 0 Å². The molecule has 1 aliphatic heterocycles. The van der Waals surface area contributed by atoms with E-state index in [1.807, 2.05) is 0 Å². The highest BCUT2D eigenvalue weighted by Gasteiger charge is 2.27. The third-order valence-electron chi connectivity index (χ3n) is 2.81. The quantitative estimate of drug-likeness (QED) is 0.274. The fourth-order valence-corrected chi connectivity index (χ4v) is 1.52. The van der Waals surface area contributed by atoms with Crippen LogP contribution in [0.4, 0.5) is 0 Å². The van der Waals surface area contributed by atoms with Crippen molar-refractivity contribution < 1.29 is 30.0 Å². The first-order chi connectivity index (χ1) is 9.27. The monoisotopic (exact) mass is 293 g/mol. The number of hydrogen-bond donors (Lipinski definition) is 7. The number of nitrogens with two attached hydrogens (primary N) is 2. The Kier molecular flexibility index (Phi) is 9.01. The molecule has 0 spiro atoms. The van der Waals surface area contributed by atoms with E-state index >= 15 is 0 Å². The molecule has 0 radical (unpaired) electrons. The smallest absolute Gasteiger partial charge is 0.320 e. The maximum absolute atomic E-state index is 10.2. The van der Waals surface area contributed by atoms with E-state index in [0.717, 1.165) is 0 Å². The van der Waals surface area contributed by atoms with Gasteiger partial charge >= 0.3 is 11.9 Å². The highest BCUT2D eigenvalue weighted by atomic mass is 16.4. The number of hydrogen-bond acceptors (Lipinski definition) is 7. The van der Waals surface area contributed by atoms with Crippen LogP contribution >= 0.6 is 0 Å². The van der Waals surface area contributed by atoms with E-state index in [1.54, 1.807) is 0 Å². The SMILES string of the molecule is NC[C@H](O)CC[C@H](N)C(=O)O.O=C(O)[C@@H]1CC(O)CN1. The van der Waals surface area contributed by atoms with Crippen LogP contribution in [0.5, 0.6) is 0 Å². The van der Waals surface area contributed by atoms with Crippen LogP contribution in [0.25, 0.3) is 0 Å². The van der Waals surface area contributed by atoms with Crippen molar-refractivity contribution >= 4 is 11.9 Å². The minimum absolute atomic E-state index is 0.145. The summed E-state index contributed by atoms with van der Waals surface area (Å²) < 4.78 is 0. The van der Waals surface area contributed by atoms with Crippen LogP contribution in [0.15, 0.2) is 0 Å². The normalized spacial score (nSPS) is 24.4. The van der Waals surface area contributed by atoms with Crippen LogP contribution in [0.2, 0.25) is 0 Å². The van der Waals surface area contributed by atoms with Gasteiger partial charge in [0, 0.05) is 19.5 Å². The summed E-state index contributed by atoms with van der Waals surface area (Å²) in [6, 6.07) is -1.43. The molecule has 9 nitrogen and oxygen atoms in total. The number of aliphatic hydroxyl groups excluding tert-OH is 2. The summed E-state index contributed by atoms with van der Waals surface area (Å²) in [5, 5.41) is 37.1. The van der Waals surface area contributed by atoms with Gasteiger partial charge in [-0.3, -0.25) is 9.59 Å². The fourth-order valence-electron chi connectivity index (χ4n) is 1.52. The zero-order valence-electron chi connectivity index (χ0n) is 11.1. The van der Waals surface area contributed by atoms with Crippen molar-refractivity contribution in [3.63, 3.8) is 0 Å². The van der Waals surface area contributed by atoms with E-state index in [0.29, 0.717) is 19.4 Å². The van der Waals surface area contributed by atoms with Crippen molar-refractivity contribution in [3.05, 3.63) is 0 Å². The average Bonchev–Trinajstić information content (AvgIpc) is 2.83. The first-order valence-electron chi connectivity index (χ1n) is 6.28. The molecule has 0 aliphatic carbocycles. The lowest BCUT2D eigenvalue weighted by Crippen LogP contribution is -2.32. The van der Waals surface area contributed by atoms with Crippen molar-refractivity contribution in [3.8, 4) is 0 Å². The van der Waals surface area contributed by atoms with Gasteiger partial charge in [-0.1, -0.05) is 0 Å². The molecule has 4 atom stereocenters. The Morgan fingerprint density at radius 1 is 1.30 bits per heavy atom. The molecular formula is C11H23N3O6. The predicted molar refractivity (Wildman–Crippen MR) is 70.0 cm³/mol. The summed E-state index contributed by atoms with van der Waals surface area (Å²) >= 11 is 0. The second kappa shape index (κ2) is 9.61. The van der Waals surface area contributed by atoms with Gasteiger partial charge in [-0.2, -0.15) is 0 Å². The van der Waals surface area contributed by atoms with Crippen LogP contribution in [-0.4, -0.2) is 69.7 Å². The first kappa shape index (κ1) is 18.7. The van der Waals surface area contributed by atoms with Crippen LogP contribution in [0, 0.1) is 0 Å². The maximum Gasteiger partial charge on any atom is 0.320 e. The van der Waals surface area contributed by atoms with Crippen LogP contribution in [-0.2, 0) is 9.59 Å². The minimum atomic E-state index is -1.05. The molecule has 0 amide bonds. The number of carboxylic acids is 2. The van der Waals surface area contributed by atoms with E-state index in [2.05, 4.69) is 5.32 Å². The second-order valence-electron chi connectivity index (χ2n) is 4.60. The molecule has 1 fully saturated rings. The Bertz CT molecular complexity index is 315. The topological polar surface area (TPSA) is 179 Å². The molecule has 1 unspecified atom stereocenters. The Labute approximate surface area is 116 Å². The molecule has 118 valence electrons. The number of nitrogens with one attached hydrogen (secondary N) is 1. The van der Waals surface area contributed by atoms with Crippen molar-refractivity contribution in [2.45, 2.75) is 43.6 Å². The standard InChI is InChI=1S/C6H14N2O3.C5H9NO3/c7-3-4(9)1-2-5(8)6(10)11;7-3-1-4(5(8)9)6-2-3/h4-5,9H,1-3,7-8H2,(H,10,11);3-4,6-7H,1-2H2,(H,8,9)/t4-,5+;3?,4-/m10/s1. The lowest BCUT2D eigenvalue weighted by Gasteiger charge is -2.09. The Balaban J connectivity index is 0.000000367. The third-order valence-corrected chi connectivity index (χ3v) is 2.81. The molecule has 0 aromatic heterocycles. The van der Waals surface area contributed by atoms with Crippen molar-refractivity contribution in [2.24, 2.45) is 11.5 Å². The maximum atomic E-state index is 10.2. The molecule has 1 aliphatic rings. The van der Waals surface area contributed by atoms with E-state index in [9.17, 15) is 9.59 Å². The van der Waals surface area contributed by atoms with Crippen molar-refractivity contribution in [2.75, 3.05) is 13.1 Å². The van der Waals surface area contributed by atoms with Gasteiger partial charge in [0.05, 0.1) is 12.2 Å². The Hall–Kier alpha value is -1.26. The van der Waals surface area contributed by atoms with Crippen LogP contribution in [0.1, 0.15) is 19.3 Å². The van der Waals surface area contributed by atoms with E-state index in [4.69, 9.17) is 31.9 Å². The van der Waals surface area contributed by atoms with Gasteiger partial charge in [0.25, 0.3) is 0 Å². The zero-order valence-corrected chi connectivity index (χ0v) is 11.1. The van der Waals surface area contributed by atoms with Gasteiger partial charge in [0.2, 0.25) is 0 Å². The second-order valence-corrected chi connectivity index (χ2v) is 4.60. The molecular weight excluding hydrogens is 270 g/mol. The highest BCUT2D eigenvalue weighted by molar-refractivity contribution is 5.74. The van der Waals surface area contributed by atoms with E-state index in [1.165, 1.54) is 0 Å². The minimum Gasteiger partial charge on any atom is -0.480 e. The molecule has 0 bridgehead atoms. The van der Waals surface area contributed by atoms with Gasteiger partial charge in [-0.15, -0.1) is 0 Å². The largest absolute Gasteiger partial charge is 0.480 e.